The molecular formula is C27H24Cl2FNO2. The third-order valence-corrected chi connectivity index (χ3v) is 6.73. The molecule has 33 heavy (non-hydrogen) atoms. The molecule has 3 aromatic carbocycles. The monoisotopic (exact) mass is 483 g/mol. The van der Waals surface area contributed by atoms with Crippen LogP contribution in [-0.2, 0) is 17.8 Å². The zero-order valence-electron chi connectivity index (χ0n) is 18.6. The van der Waals surface area contributed by atoms with Gasteiger partial charge in [-0.1, -0.05) is 53.5 Å². The predicted octanol–water partition coefficient (Wildman–Crippen LogP) is 7.76. The normalized spacial score (nSPS) is 11.8. The van der Waals surface area contributed by atoms with Crippen LogP contribution in [0.2, 0.25) is 10.0 Å². The summed E-state index contributed by atoms with van der Waals surface area (Å²) < 4.78 is 17.4. The smallest absolute Gasteiger partial charge is 0.309 e. The Morgan fingerprint density at radius 1 is 1.03 bits per heavy atom. The van der Waals surface area contributed by atoms with Gasteiger partial charge in [0.05, 0.1) is 10.9 Å². The van der Waals surface area contributed by atoms with Crippen molar-refractivity contribution in [1.82, 2.24) is 4.57 Å². The summed E-state index contributed by atoms with van der Waals surface area (Å²) >= 11 is 12.4. The van der Waals surface area contributed by atoms with Crippen LogP contribution < -0.4 is 0 Å². The second-order valence-corrected chi connectivity index (χ2v) is 9.82. The summed E-state index contributed by atoms with van der Waals surface area (Å²) in [7, 11) is 0. The molecule has 1 N–H and O–H groups in total. The number of aromatic nitrogens is 1. The van der Waals surface area contributed by atoms with Crippen molar-refractivity contribution in [2.45, 2.75) is 33.7 Å². The molecule has 0 saturated heterocycles. The molecule has 0 unspecified atom stereocenters. The maximum absolute atomic E-state index is 15.4. The number of hydrogen-bond donors (Lipinski definition) is 1. The van der Waals surface area contributed by atoms with Crippen molar-refractivity contribution >= 4 is 40.1 Å². The highest BCUT2D eigenvalue weighted by Gasteiger charge is 2.31. The van der Waals surface area contributed by atoms with Gasteiger partial charge < -0.3 is 9.67 Å². The van der Waals surface area contributed by atoms with Gasteiger partial charge in [0, 0.05) is 45.2 Å². The molecule has 0 fully saturated rings. The summed E-state index contributed by atoms with van der Waals surface area (Å²) in [6.07, 6.45) is 0.305. The van der Waals surface area contributed by atoms with Crippen LogP contribution in [0.4, 0.5) is 4.39 Å². The number of nitrogens with zero attached hydrogens (tertiary/aromatic N) is 1. The lowest BCUT2D eigenvalue weighted by Crippen LogP contribution is -2.27. The van der Waals surface area contributed by atoms with Crippen molar-refractivity contribution in [1.29, 1.82) is 0 Å². The highest BCUT2D eigenvalue weighted by Crippen LogP contribution is 2.37. The van der Waals surface area contributed by atoms with E-state index in [1.807, 2.05) is 54.0 Å². The van der Waals surface area contributed by atoms with Crippen LogP contribution in [0.25, 0.3) is 22.0 Å². The Hall–Kier alpha value is -2.82. The van der Waals surface area contributed by atoms with E-state index in [2.05, 4.69) is 0 Å². The molecule has 0 radical (unpaired) electrons. The molecule has 0 atom stereocenters. The van der Waals surface area contributed by atoms with Gasteiger partial charge in [-0.3, -0.25) is 4.79 Å². The van der Waals surface area contributed by atoms with Gasteiger partial charge in [0.25, 0.3) is 0 Å². The highest BCUT2D eigenvalue weighted by molar-refractivity contribution is 6.33. The first-order chi connectivity index (χ1) is 15.6. The SMILES string of the molecule is Cc1c(CC(C)(C)C(=O)O)n(Cc2ccc(Cl)cc2)c2cc(F)c(-c3ccccc3Cl)cc12. The fourth-order valence-electron chi connectivity index (χ4n) is 4.15. The number of hydrogen-bond acceptors (Lipinski definition) is 1. The quantitative estimate of drug-likeness (QED) is 0.304. The maximum Gasteiger partial charge on any atom is 0.309 e. The molecule has 0 saturated carbocycles. The fourth-order valence-corrected chi connectivity index (χ4v) is 4.51. The topological polar surface area (TPSA) is 42.2 Å². The highest BCUT2D eigenvalue weighted by atomic mass is 35.5. The summed E-state index contributed by atoms with van der Waals surface area (Å²) in [6, 6.07) is 18.0. The second-order valence-electron chi connectivity index (χ2n) is 8.98. The standard InChI is InChI=1S/C27H24Cl2FNO2/c1-16-20-12-21(19-6-4-5-7-22(19)29)23(30)13-24(20)31(15-17-8-10-18(28)11-9-17)25(16)14-27(2,3)26(32)33/h4-13H,14-15H2,1-3H3,(H,32,33). The van der Waals surface area contributed by atoms with Crippen LogP contribution in [0.15, 0.2) is 60.7 Å². The van der Waals surface area contributed by atoms with Crippen LogP contribution in [0.3, 0.4) is 0 Å². The molecule has 0 aliphatic carbocycles. The van der Waals surface area contributed by atoms with E-state index in [-0.39, 0.29) is 5.82 Å². The van der Waals surface area contributed by atoms with Crippen LogP contribution in [0.1, 0.15) is 30.7 Å². The molecule has 0 aliphatic heterocycles. The largest absolute Gasteiger partial charge is 0.481 e. The van der Waals surface area contributed by atoms with Gasteiger partial charge in [-0.25, -0.2) is 4.39 Å². The maximum atomic E-state index is 15.4. The van der Waals surface area contributed by atoms with E-state index < -0.39 is 11.4 Å². The van der Waals surface area contributed by atoms with E-state index in [9.17, 15) is 9.90 Å². The van der Waals surface area contributed by atoms with Crippen molar-refractivity contribution in [2.75, 3.05) is 0 Å². The van der Waals surface area contributed by atoms with Gasteiger partial charge in [0.1, 0.15) is 5.82 Å². The first-order valence-electron chi connectivity index (χ1n) is 10.6. The average molecular weight is 484 g/mol. The fraction of sp³-hybridized carbons (Fsp3) is 0.222. The van der Waals surface area contributed by atoms with E-state index in [4.69, 9.17) is 23.2 Å². The number of halogens is 3. The lowest BCUT2D eigenvalue weighted by molar-refractivity contribution is -0.146. The Morgan fingerprint density at radius 3 is 2.33 bits per heavy atom. The Kier molecular flexibility index (Phi) is 6.26. The van der Waals surface area contributed by atoms with E-state index in [0.29, 0.717) is 39.7 Å². The number of aryl methyl sites for hydroxylation is 1. The summed E-state index contributed by atoms with van der Waals surface area (Å²) in [5.41, 5.74) is 3.55. The molecule has 0 amide bonds. The molecule has 1 aromatic heterocycles. The molecule has 0 bridgehead atoms. The van der Waals surface area contributed by atoms with E-state index in [1.165, 1.54) is 6.07 Å². The molecule has 0 aliphatic rings. The number of aliphatic carboxylic acids is 1. The van der Waals surface area contributed by atoms with Gasteiger partial charge >= 0.3 is 5.97 Å². The number of fused-ring (bicyclic) bond motifs is 1. The van der Waals surface area contributed by atoms with Crippen LogP contribution in [0, 0.1) is 18.2 Å². The molecule has 170 valence electrons. The molecule has 1 heterocycles. The lowest BCUT2D eigenvalue weighted by atomic mass is 9.87. The van der Waals surface area contributed by atoms with Crippen molar-refractivity contribution in [2.24, 2.45) is 5.41 Å². The minimum Gasteiger partial charge on any atom is -0.481 e. The Bertz CT molecular complexity index is 1360. The summed E-state index contributed by atoms with van der Waals surface area (Å²) in [4.78, 5) is 11.9. The predicted molar refractivity (Wildman–Crippen MR) is 133 cm³/mol. The summed E-state index contributed by atoms with van der Waals surface area (Å²) in [6.45, 7) is 5.84. The minimum absolute atomic E-state index is 0.305. The van der Waals surface area contributed by atoms with Gasteiger partial charge in [-0.2, -0.15) is 0 Å². The van der Waals surface area contributed by atoms with Crippen molar-refractivity contribution in [3.05, 3.63) is 93.3 Å². The zero-order valence-corrected chi connectivity index (χ0v) is 20.1. The number of carboxylic acids is 1. The number of benzene rings is 3. The van der Waals surface area contributed by atoms with Gasteiger partial charge in [0.2, 0.25) is 0 Å². The zero-order chi connectivity index (χ0) is 23.9. The van der Waals surface area contributed by atoms with Crippen LogP contribution in [0.5, 0.6) is 0 Å². The minimum atomic E-state index is -0.985. The molecule has 0 spiro atoms. The van der Waals surface area contributed by atoms with Gasteiger partial charge in [-0.15, -0.1) is 0 Å². The second kappa shape index (κ2) is 8.85. The number of carbonyl (C=O) groups is 1. The van der Waals surface area contributed by atoms with Crippen LogP contribution in [-0.4, -0.2) is 15.6 Å². The molecular weight excluding hydrogens is 460 g/mol. The molecule has 3 nitrogen and oxygen atoms in total. The first kappa shape index (κ1) is 23.3. The van der Waals surface area contributed by atoms with E-state index in [0.717, 1.165) is 22.2 Å². The van der Waals surface area contributed by atoms with E-state index in [1.54, 1.807) is 26.0 Å². The van der Waals surface area contributed by atoms with Crippen molar-refractivity contribution < 1.29 is 14.3 Å². The Labute approximate surface area is 202 Å². The summed E-state index contributed by atoms with van der Waals surface area (Å²) in [5.74, 6) is -1.26. The molecule has 4 aromatic rings. The van der Waals surface area contributed by atoms with Gasteiger partial charge in [0.15, 0.2) is 0 Å². The molecule has 6 heteroatoms. The Balaban J connectivity index is 1.94. The van der Waals surface area contributed by atoms with Gasteiger partial charge in [-0.05, 0) is 62.2 Å². The third-order valence-electron chi connectivity index (χ3n) is 6.15. The number of carboxylic acid groups (broad SMARTS) is 1. The summed E-state index contributed by atoms with van der Waals surface area (Å²) in [5, 5.41) is 11.7. The van der Waals surface area contributed by atoms with Crippen molar-refractivity contribution in [3.63, 3.8) is 0 Å². The van der Waals surface area contributed by atoms with Crippen LogP contribution >= 0.6 is 23.2 Å². The third kappa shape index (κ3) is 4.50. The van der Waals surface area contributed by atoms with E-state index >= 15 is 4.39 Å². The average Bonchev–Trinajstić information content (AvgIpc) is 3.00. The number of rotatable bonds is 6. The lowest BCUT2D eigenvalue weighted by Gasteiger charge is -2.21. The first-order valence-corrected chi connectivity index (χ1v) is 11.4. The molecule has 4 rings (SSSR count). The van der Waals surface area contributed by atoms with Crippen molar-refractivity contribution in [3.8, 4) is 11.1 Å². The Morgan fingerprint density at radius 2 is 1.70 bits per heavy atom.